The molecule has 0 aliphatic carbocycles. The van der Waals surface area contributed by atoms with Crippen LogP contribution in [0.5, 0.6) is 0 Å². The molecule has 1 aromatic heterocycles. The molecule has 1 nitrogen and oxygen atoms in total. The van der Waals surface area contributed by atoms with Crippen LogP contribution in [0.3, 0.4) is 0 Å². The molecule has 0 radical (unpaired) electrons. The lowest BCUT2D eigenvalue weighted by atomic mass is 9.99. The number of aromatic nitrogens is 1. The van der Waals surface area contributed by atoms with Crippen LogP contribution in [-0.4, -0.2) is 0 Å². The van der Waals surface area contributed by atoms with Crippen LogP contribution in [0.2, 0.25) is 0 Å². The highest BCUT2D eigenvalue weighted by molar-refractivity contribution is 4.84. The Bertz CT molecular complexity index is 553. The largest absolute Gasteiger partial charge is 0.202 e. The molecule has 0 fully saturated rings. The third-order valence-electron chi connectivity index (χ3n) is 8.69. The minimum absolute atomic E-state index is 0.710. The van der Waals surface area contributed by atoms with E-state index in [-0.39, 0.29) is 0 Å². The summed E-state index contributed by atoms with van der Waals surface area (Å²) in [4.78, 5) is 0. The summed E-state index contributed by atoms with van der Waals surface area (Å²) < 4.78 is 2.50. The van der Waals surface area contributed by atoms with E-state index in [0.29, 0.717) is 6.04 Å². The Morgan fingerprint density at radius 3 is 0.895 bits per heavy atom. The zero-order valence-corrected chi connectivity index (χ0v) is 26.4. The molecule has 1 rings (SSSR count). The minimum atomic E-state index is 0.710. The van der Waals surface area contributed by atoms with Crippen molar-refractivity contribution in [2.24, 2.45) is 0 Å². The summed E-state index contributed by atoms with van der Waals surface area (Å²) in [5, 5.41) is 0. The molecule has 1 unspecified atom stereocenters. The van der Waals surface area contributed by atoms with Crippen LogP contribution < -0.4 is 4.57 Å². The average Bonchev–Trinajstić information content (AvgIpc) is 2.95. The van der Waals surface area contributed by atoms with Crippen LogP contribution in [0.4, 0.5) is 0 Å². The molecule has 0 aromatic carbocycles. The Kier molecular flexibility index (Phi) is 27.0. The summed E-state index contributed by atoms with van der Waals surface area (Å²) in [5.41, 5.74) is 0. The van der Waals surface area contributed by atoms with Gasteiger partial charge in [0.05, 0.1) is 0 Å². The summed E-state index contributed by atoms with van der Waals surface area (Å²) in [6.45, 7) is 4.61. The summed E-state index contributed by atoms with van der Waals surface area (Å²) in [6.07, 6.45) is 46.4. The monoisotopic (exact) mass is 529 g/mol. The van der Waals surface area contributed by atoms with Gasteiger partial charge in [0.25, 0.3) is 0 Å². The number of nitrogens with zero attached hydrogens (tertiary/aromatic N) is 1. The van der Waals surface area contributed by atoms with Gasteiger partial charge in [-0.05, 0) is 12.8 Å². The molecule has 0 bridgehead atoms. The molecule has 1 heterocycles. The molecule has 222 valence electrons. The third-order valence-corrected chi connectivity index (χ3v) is 8.69. The van der Waals surface area contributed by atoms with Gasteiger partial charge in [-0.3, -0.25) is 0 Å². The van der Waals surface area contributed by atoms with E-state index in [2.05, 4.69) is 49.0 Å². The van der Waals surface area contributed by atoms with Gasteiger partial charge in [0, 0.05) is 25.0 Å². The molecule has 0 N–H and O–H groups in total. The van der Waals surface area contributed by atoms with E-state index in [4.69, 9.17) is 0 Å². The lowest BCUT2D eigenvalue weighted by Crippen LogP contribution is -2.38. The SMILES string of the molecule is CCCCCCCCCCCCCCCCCC(CCCCCCCCCCCCCC)[n+]1ccccc1. The second-order valence-corrected chi connectivity index (χ2v) is 12.4. The van der Waals surface area contributed by atoms with Gasteiger partial charge >= 0.3 is 0 Å². The molecule has 0 spiro atoms. The molecule has 0 saturated heterocycles. The number of unbranched alkanes of at least 4 members (excludes halogenated alkanes) is 25. The van der Waals surface area contributed by atoms with E-state index >= 15 is 0 Å². The van der Waals surface area contributed by atoms with Crippen LogP contribution >= 0.6 is 0 Å². The van der Waals surface area contributed by atoms with Crippen LogP contribution in [0, 0.1) is 0 Å². The number of pyridine rings is 1. The smallest absolute Gasteiger partial charge is 0.169 e. The summed E-state index contributed by atoms with van der Waals surface area (Å²) in [7, 11) is 0. The normalized spacial score (nSPS) is 12.3. The molecule has 1 heteroatoms. The molecule has 0 amide bonds. The second-order valence-electron chi connectivity index (χ2n) is 12.4. The van der Waals surface area contributed by atoms with Crippen molar-refractivity contribution in [1.29, 1.82) is 0 Å². The first kappa shape index (κ1) is 35.2. The highest BCUT2D eigenvalue weighted by Crippen LogP contribution is 2.20. The molecule has 0 aliphatic rings. The molecular formula is C37H70N+. The van der Waals surface area contributed by atoms with Crippen molar-refractivity contribution in [1.82, 2.24) is 0 Å². The topological polar surface area (TPSA) is 3.88 Å². The Labute approximate surface area is 241 Å². The Morgan fingerprint density at radius 1 is 0.342 bits per heavy atom. The van der Waals surface area contributed by atoms with Crippen molar-refractivity contribution in [3.8, 4) is 0 Å². The van der Waals surface area contributed by atoms with E-state index in [1.807, 2.05) is 0 Å². The summed E-state index contributed by atoms with van der Waals surface area (Å²) >= 11 is 0. The highest BCUT2D eigenvalue weighted by Gasteiger charge is 2.16. The summed E-state index contributed by atoms with van der Waals surface area (Å²) in [6, 6.07) is 7.29. The van der Waals surface area contributed by atoms with E-state index in [1.165, 1.54) is 186 Å². The quantitative estimate of drug-likeness (QED) is 0.0690. The van der Waals surface area contributed by atoms with Gasteiger partial charge in [-0.15, -0.1) is 0 Å². The van der Waals surface area contributed by atoms with E-state index in [9.17, 15) is 0 Å². The van der Waals surface area contributed by atoms with Crippen molar-refractivity contribution >= 4 is 0 Å². The molecule has 1 atom stereocenters. The predicted molar refractivity (Wildman–Crippen MR) is 171 cm³/mol. The number of hydrogen-bond donors (Lipinski definition) is 0. The maximum absolute atomic E-state index is 2.50. The summed E-state index contributed by atoms with van der Waals surface area (Å²) in [5.74, 6) is 0. The molecular weight excluding hydrogens is 458 g/mol. The fraction of sp³-hybridized carbons (Fsp3) is 0.865. The van der Waals surface area contributed by atoms with E-state index in [0.717, 1.165) is 0 Å². The van der Waals surface area contributed by atoms with Crippen molar-refractivity contribution in [3.05, 3.63) is 30.6 Å². The predicted octanol–water partition coefficient (Wildman–Crippen LogP) is 12.9. The lowest BCUT2D eigenvalue weighted by molar-refractivity contribution is -0.724. The fourth-order valence-electron chi connectivity index (χ4n) is 6.07. The van der Waals surface area contributed by atoms with Crippen molar-refractivity contribution in [2.75, 3.05) is 0 Å². The first-order chi connectivity index (χ1) is 18.9. The second kappa shape index (κ2) is 29.1. The third kappa shape index (κ3) is 23.1. The Morgan fingerprint density at radius 2 is 0.605 bits per heavy atom. The zero-order valence-electron chi connectivity index (χ0n) is 26.4. The van der Waals surface area contributed by atoms with Crippen LogP contribution in [0.1, 0.15) is 206 Å². The minimum Gasteiger partial charge on any atom is -0.202 e. The highest BCUT2D eigenvalue weighted by atomic mass is 15.0. The first-order valence-electron chi connectivity index (χ1n) is 17.8. The van der Waals surface area contributed by atoms with Crippen molar-refractivity contribution in [2.45, 2.75) is 206 Å². The lowest BCUT2D eigenvalue weighted by Gasteiger charge is -2.13. The van der Waals surface area contributed by atoms with Crippen LogP contribution in [-0.2, 0) is 0 Å². The van der Waals surface area contributed by atoms with E-state index in [1.54, 1.807) is 0 Å². The number of rotatable bonds is 30. The fourth-order valence-corrected chi connectivity index (χ4v) is 6.07. The Hall–Kier alpha value is -0.850. The average molecular weight is 529 g/mol. The van der Waals surface area contributed by atoms with Crippen LogP contribution in [0.15, 0.2) is 30.6 Å². The van der Waals surface area contributed by atoms with Crippen molar-refractivity contribution < 1.29 is 4.57 Å². The zero-order chi connectivity index (χ0) is 27.2. The first-order valence-corrected chi connectivity index (χ1v) is 17.8. The molecule has 0 saturated carbocycles. The maximum Gasteiger partial charge on any atom is 0.169 e. The van der Waals surface area contributed by atoms with Crippen molar-refractivity contribution in [3.63, 3.8) is 0 Å². The molecule has 1 aromatic rings. The maximum atomic E-state index is 2.50. The molecule has 0 aliphatic heterocycles. The van der Waals surface area contributed by atoms with Gasteiger partial charge in [0.2, 0.25) is 0 Å². The number of hydrogen-bond acceptors (Lipinski definition) is 0. The Balaban J connectivity index is 2.00. The van der Waals surface area contributed by atoms with Gasteiger partial charge in [-0.25, -0.2) is 4.57 Å². The van der Waals surface area contributed by atoms with Gasteiger partial charge in [-0.1, -0.05) is 180 Å². The van der Waals surface area contributed by atoms with Gasteiger partial charge in [-0.2, -0.15) is 0 Å². The van der Waals surface area contributed by atoms with E-state index < -0.39 is 0 Å². The standard InChI is InChI=1S/C37H70N/c1-3-5-7-9-11-13-15-17-18-19-21-23-25-27-30-34-37(38-35-31-28-32-36-38)33-29-26-24-22-20-16-14-12-10-8-6-4-2/h28,31-32,35-37H,3-27,29-30,33-34H2,1-2H3/q+1. The van der Waals surface area contributed by atoms with Gasteiger partial charge in [0.1, 0.15) is 0 Å². The van der Waals surface area contributed by atoms with Crippen LogP contribution in [0.25, 0.3) is 0 Å². The van der Waals surface area contributed by atoms with Gasteiger partial charge in [0.15, 0.2) is 18.4 Å². The van der Waals surface area contributed by atoms with Gasteiger partial charge < -0.3 is 0 Å². The molecule has 38 heavy (non-hydrogen) atoms.